The third-order valence-electron chi connectivity index (χ3n) is 5.00. The van der Waals surface area contributed by atoms with Crippen molar-refractivity contribution in [2.24, 2.45) is 0 Å². The fourth-order valence-electron chi connectivity index (χ4n) is 3.63. The lowest BCUT2D eigenvalue weighted by atomic mass is 10.1. The number of carbonyl (C=O) groups excluding carboxylic acids is 1. The summed E-state index contributed by atoms with van der Waals surface area (Å²) in [5.41, 5.74) is 1.82. The first-order valence-corrected chi connectivity index (χ1v) is 9.39. The molecule has 144 valence electrons. The minimum Gasteiger partial charge on any atom is -0.497 e. The number of benzene rings is 2. The molecule has 1 N–H and O–H groups in total. The number of nitrogens with zero attached hydrogens (tertiary/aromatic N) is 1. The van der Waals surface area contributed by atoms with E-state index in [0.29, 0.717) is 5.58 Å². The molecule has 1 aromatic heterocycles. The van der Waals surface area contributed by atoms with Crippen molar-refractivity contribution in [2.75, 3.05) is 30.4 Å². The summed E-state index contributed by atoms with van der Waals surface area (Å²) in [5.74, 6) is 0.476. The number of rotatable bonds is 5. The van der Waals surface area contributed by atoms with Gasteiger partial charge >= 0.3 is 5.63 Å². The first-order valence-electron chi connectivity index (χ1n) is 9.39. The molecule has 2 heterocycles. The van der Waals surface area contributed by atoms with E-state index in [0.717, 1.165) is 48.3 Å². The zero-order chi connectivity index (χ0) is 19.5. The minimum absolute atomic E-state index is 0.162. The van der Waals surface area contributed by atoms with Crippen molar-refractivity contribution in [1.29, 1.82) is 0 Å². The van der Waals surface area contributed by atoms with Gasteiger partial charge in [-0.25, -0.2) is 4.79 Å². The standard InChI is InChI=1S/C22H22N2O4/c1-27-16-10-8-15(9-11-16)14-19(25)23-20-21(24-12-4-5-13-24)17-6-2-3-7-18(17)28-22(20)26/h2-3,6-11H,4-5,12-14H2,1H3,(H,23,25). The first kappa shape index (κ1) is 18.1. The highest BCUT2D eigenvalue weighted by Crippen LogP contribution is 2.34. The van der Waals surface area contributed by atoms with E-state index in [2.05, 4.69) is 10.2 Å². The van der Waals surface area contributed by atoms with E-state index in [9.17, 15) is 9.59 Å². The zero-order valence-corrected chi connectivity index (χ0v) is 15.7. The van der Waals surface area contributed by atoms with Gasteiger partial charge in [0.15, 0.2) is 5.69 Å². The van der Waals surface area contributed by atoms with Crippen LogP contribution in [0.25, 0.3) is 11.0 Å². The Morgan fingerprint density at radius 3 is 2.54 bits per heavy atom. The Morgan fingerprint density at radius 2 is 1.82 bits per heavy atom. The van der Waals surface area contributed by atoms with E-state index < -0.39 is 5.63 Å². The molecule has 1 amide bonds. The number of fused-ring (bicyclic) bond motifs is 1. The molecule has 2 aromatic carbocycles. The largest absolute Gasteiger partial charge is 0.497 e. The van der Waals surface area contributed by atoms with Crippen LogP contribution in [0.1, 0.15) is 18.4 Å². The number of methoxy groups -OCH3 is 1. The van der Waals surface area contributed by atoms with Gasteiger partial charge in [-0.2, -0.15) is 0 Å². The van der Waals surface area contributed by atoms with Crippen molar-refractivity contribution in [1.82, 2.24) is 0 Å². The molecule has 0 bridgehead atoms. The van der Waals surface area contributed by atoms with E-state index in [-0.39, 0.29) is 18.0 Å². The molecule has 0 unspecified atom stereocenters. The monoisotopic (exact) mass is 378 g/mol. The number of hydrogen-bond acceptors (Lipinski definition) is 5. The van der Waals surface area contributed by atoms with Crippen LogP contribution in [-0.4, -0.2) is 26.1 Å². The van der Waals surface area contributed by atoms with Gasteiger partial charge in [0.05, 0.1) is 19.2 Å². The number of ether oxygens (including phenoxy) is 1. The summed E-state index contributed by atoms with van der Waals surface area (Å²) in [7, 11) is 1.60. The van der Waals surface area contributed by atoms with Crippen LogP contribution in [-0.2, 0) is 11.2 Å². The second-order valence-electron chi connectivity index (χ2n) is 6.88. The molecule has 1 saturated heterocycles. The number of hydrogen-bond donors (Lipinski definition) is 1. The molecule has 3 aromatic rings. The molecule has 6 nitrogen and oxygen atoms in total. The van der Waals surface area contributed by atoms with Crippen molar-refractivity contribution in [3.8, 4) is 5.75 Å². The molecule has 6 heteroatoms. The summed E-state index contributed by atoms with van der Waals surface area (Å²) < 4.78 is 10.6. The van der Waals surface area contributed by atoms with Gasteiger partial charge in [-0.05, 0) is 42.7 Å². The number of anilines is 2. The molecular formula is C22H22N2O4. The summed E-state index contributed by atoms with van der Waals surface area (Å²) in [6, 6.07) is 14.7. The molecule has 4 rings (SSSR count). The van der Waals surface area contributed by atoms with Crippen LogP contribution in [0.15, 0.2) is 57.7 Å². The smallest absolute Gasteiger partial charge is 0.362 e. The summed E-state index contributed by atoms with van der Waals surface area (Å²) in [6.07, 6.45) is 2.29. The lowest BCUT2D eigenvalue weighted by Crippen LogP contribution is -2.26. The van der Waals surface area contributed by atoms with E-state index in [1.165, 1.54) is 0 Å². The van der Waals surface area contributed by atoms with Gasteiger partial charge < -0.3 is 19.4 Å². The molecule has 0 radical (unpaired) electrons. The Balaban J connectivity index is 1.67. The Bertz CT molecular complexity index is 1050. The van der Waals surface area contributed by atoms with Gasteiger partial charge in [-0.1, -0.05) is 24.3 Å². The highest BCUT2D eigenvalue weighted by atomic mass is 16.5. The lowest BCUT2D eigenvalue weighted by molar-refractivity contribution is -0.115. The molecule has 1 fully saturated rings. The fourth-order valence-corrected chi connectivity index (χ4v) is 3.63. The molecule has 1 aliphatic rings. The van der Waals surface area contributed by atoms with Crippen LogP contribution in [0.3, 0.4) is 0 Å². The maximum Gasteiger partial charge on any atom is 0.362 e. The highest BCUT2D eigenvalue weighted by molar-refractivity contribution is 6.03. The predicted octanol–water partition coefficient (Wildman–Crippen LogP) is 3.58. The molecule has 0 saturated carbocycles. The van der Waals surface area contributed by atoms with Crippen LogP contribution in [0, 0.1) is 0 Å². The van der Waals surface area contributed by atoms with E-state index in [4.69, 9.17) is 9.15 Å². The second-order valence-corrected chi connectivity index (χ2v) is 6.88. The van der Waals surface area contributed by atoms with Crippen molar-refractivity contribution in [3.63, 3.8) is 0 Å². The van der Waals surface area contributed by atoms with Crippen molar-refractivity contribution >= 4 is 28.3 Å². The molecule has 0 aliphatic carbocycles. The van der Waals surface area contributed by atoms with Crippen molar-refractivity contribution in [2.45, 2.75) is 19.3 Å². The highest BCUT2D eigenvalue weighted by Gasteiger charge is 2.23. The molecular weight excluding hydrogens is 356 g/mol. The van der Waals surface area contributed by atoms with Gasteiger partial charge in [0.25, 0.3) is 0 Å². The summed E-state index contributed by atoms with van der Waals surface area (Å²) in [5, 5.41) is 3.64. The van der Waals surface area contributed by atoms with Crippen LogP contribution >= 0.6 is 0 Å². The van der Waals surface area contributed by atoms with E-state index in [1.807, 2.05) is 42.5 Å². The molecule has 0 atom stereocenters. The van der Waals surface area contributed by atoms with Gasteiger partial charge in [0.1, 0.15) is 11.3 Å². The second kappa shape index (κ2) is 7.76. The van der Waals surface area contributed by atoms with Gasteiger partial charge in [-0.3, -0.25) is 4.79 Å². The third kappa shape index (κ3) is 3.58. The third-order valence-corrected chi connectivity index (χ3v) is 5.00. The SMILES string of the molecule is COc1ccc(CC(=O)Nc2c(N3CCCC3)c3ccccc3oc2=O)cc1. The molecule has 1 aliphatic heterocycles. The Morgan fingerprint density at radius 1 is 1.11 bits per heavy atom. The Kier molecular flexibility index (Phi) is 5.02. The molecule has 28 heavy (non-hydrogen) atoms. The average Bonchev–Trinajstić information content (AvgIpc) is 3.23. The topological polar surface area (TPSA) is 71.8 Å². The number of para-hydroxylation sites is 1. The average molecular weight is 378 g/mol. The first-order chi connectivity index (χ1) is 13.7. The van der Waals surface area contributed by atoms with Gasteiger partial charge in [0.2, 0.25) is 5.91 Å². The van der Waals surface area contributed by atoms with Gasteiger partial charge in [0, 0.05) is 18.5 Å². The van der Waals surface area contributed by atoms with E-state index >= 15 is 0 Å². The zero-order valence-electron chi connectivity index (χ0n) is 15.7. The maximum absolute atomic E-state index is 12.7. The van der Waals surface area contributed by atoms with Crippen LogP contribution in [0.4, 0.5) is 11.4 Å². The van der Waals surface area contributed by atoms with E-state index in [1.54, 1.807) is 13.2 Å². The van der Waals surface area contributed by atoms with Crippen molar-refractivity contribution < 1.29 is 13.9 Å². The van der Waals surface area contributed by atoms with Crippen LogP contribution < -0.4 is 20.6 Å². The molecule has 0 spiro atoms. The number of amides is 1. The van der Waals surface area contributed by atoms with Crippen LogP contribution in [0.5, 0.6) is 5.75 Å². The normalized spacial score (nSPS) is 13.7. The minimum atomic E-state index is -0.524. The van der Waals surface area contributed by atoms with Crippen molar-refractivity contribution in [3.05, 3.63) is 64.5 Å². The summed E-state index contributed by atoms with van der Waals surface area (Å²) in [6.45, 7) is 1.71. The van der Waals surface area contributed by atoms with Gasteiger partial charge in [-0.15, -0.1) is 0 Å². The number of nitrogens with one attached hydrogen (secondary N) is 1. The fraction of sp³-hybridized carbons (Fsp3) is 0.273. The quantitative estimate of drug-likeness (QED) is 0.687. The number of carbonyl (C=O) groups is 1. The maximum atomic E-state index is 12.7. The summed E-state index contributed by atoms with van der Waals surface area (Å²) >= 11 is 0. The Hall–Kier alpha value is -3.28. The lowest BCUT2D eigenvalue weighted by Gasteiger charge is -2.22. The van der Waals surface area contributed by atoms with Crippen LogP contribution in [0.2, 0.25) is 0 Å². The summed E-state index contributed by atoms with van der Waals surface area (Å²) in [4.78, 5) is 27.5. The predicted molar refractivity (Wildman–Crippen MR) is 109 cm³/mol. The Labute approximate surface area is 162 Å².